The fourth-order valence-corrected chi connectivity index (χ4v) is 4.39. The molecule has 126 valence electrons. The predicted octanol–water partition coefficient (Wildman–Crippen LogP) is 3.03. The number of aryl methyl sites for hydroxylation is 1. The summed E-state index contributed by atoms with van der Waals surface area (Å²) in [5, 5.41) is 5.21. The van der Waals surface area contributed by atoms with Gasteiger partial charge in [-0.2, -0.15) is 0 Å². The van der Waals surface area contributed by atoms with Crippen molar-refractivity contribution in [3.05, 3.63) is 40.2 Å². The van der Waals surface area contributed by atoms with Crippen molar-refractivity contribution in [2.75, 3.05) is 36.5 Å². The number of rotatable bonds is 4. The minimum atomic E-state index is 0.0834. The molecule has 2 aromatic rings. The van der Waals surface area contributed by atoms with Gasteiger partial charge in [0.05, 0.1) is 18.9 Å². The topological polar surface area (TPSA) is 54.5 Å². The van der Waals surface area contributed by atoms with Crippen LogP contribution in [0.3, 0.4) is 0 Å². The summed E-state index contributed by atoms with van der Waals surface area (Å²) in [4.78, 5) is 20.7. The van der Waals surface area contributed by atoms with Crippen LogP contribution < -0.4 is 10.2 Å². The summed E-state index contributed by atoms with van der Waals surface area (Å²) in [6.45, 7) is 5.13. The van der Waals surface area contributed by atoms with Crippen LogP contribution in [-0.4, -0.2) is 37.2 Å². The highest BCUT2D eigenvalue weighted by Gasteiger charge is 2.45. The van der Waals surface area contributed by atoms with E-state index in [0.29, 0.717) is 19.1 Å². The molecule has 6 heteroatoms. The third kappa shape index (κ3) is 3.03. The Morgan fingerprint density at radius 1 is 1.38 bits per heavy atom. The van der Waals surface area contributed by atoms with Gasteiger partial charge in [-0.25, -0.2) is 4.98 Å². The van der Waals surface area contributed by atoms with Gasteiger partial charge in [0.1, 0.15) is 0 Å². The van der Waals surface area contributed by atoms with E-state index < -0.39 is 0 Å². The Balaban J connectivity index is 1.46. The highest BCUT2D eigenvalue weighted by atomic mass is 32.1. The summed E-state index contributed by atoms with van der Waals surface area (Å²) in [5.41, 5.74) is 2.11. The maximum Gasteiger partial charge on any atom is 0.228 e. The number of carbonyl (C=O) groups excluding carboxylic acids is 1. The minimum Gasteiger partial charge on any atom is -0.378 e. The van der Waals surface area contributed by atoms with E-state index in [0.717, 1.165) is 31.0 Å². The first-order valence-electron chi connectivity index (χ1n) is 8.36. The van der Waals surface area contributed by atoms with Gasteiger partial charge >= 0.3 is 0 Å². The Bertz CT molecular complexity index is 739. The van der Waals surface area contributed by atoms with Crippen molar-refractivity contribution >= 4 is 28.7 Å². The summed E-state index contributed by atoms with van der Waals surface area (Å²) < 4.78 is 5.40. The molecule has 24 heavy (non-hydrogen) atoms. The van der Waals surface area contributed by atoms with Gasteiger partial charge in [-0.3, -0.25) is 4.79 Å². The summed E-state index contributed by atoms with van der Waals surface area (Å²) in [6, 6.07) is 5.93. The molecule has 2 aliphatic rings. The number of aromatic nitrogens is 1. The summed E-state index contributed by atoms with van der Waals surface area (Å²) in [7, 11) is 0. The van der Waals surface area contributed by atoms with Crippen LogP contribution in [0.25, 0.3) is 0 Å². The Labute approximate surface area is 145 Å². The first kappa shape index (κ1) is 15.6. The molecule has 0 radical (unpaired) electrons. The molecule has 2 aromatic heterocycles. The molecule has 0 spiro atoms. The smallest absolute Gasteiger partial charge is 0.228 e. The monoisotopic (exact) mass is 343 g/mol. The maximum atomic E-state index is 12.6. The zero-order valence-corrected chi connectivity index (χ0v) is 14.5. The minimum absolute atomic E-state index is 0.0834. The largest absolute Gasteiger partial charge is 0.378 e. The maximum absolute atomic E-state index is 12.6. The average molecular weight is 343 g/mol. The van der Waals surface area contributed by atoms with Gasteiger partial charge in [-0.05, 0) is 42.5 Å². The lowest BCUT2D eigenvalue weighted by atomic mass is 10.2. The Morgan fingerprint density at radius 3 is 2.96 bits per heavy atom. The van der Waals surface area contributed by atoms with Crippen LogP contribution in [0, 0.1) is 12.8 Å². The number of nitrogens with one attached hydrogen (secondary N) is 1. The second-order valence-corrected chi connectivity index (χ2v) is 7.33. The quantitative estimate of drug-likeness (QED) is 0.927. The Kier molecular flexibility index (Phi) is 4.24. The third-order valence-electron chi connectivity index (χ3n) is 4.72. The van der Waals surface area contributed by atoms with Crippen molar-refractivity contribution in [2.24, 2.45) is 5.92 Å². The molecule has 1 saturated heterocycles. The second kappa shape index (κ2) is 6.53. The fraction of sp³-hybridized carbons (Fsp3) is 0.444. The molecule has 1 aliphatic heterocycles. The van der Waals surface area contributed by atoms with Gasteiger partial charge in [0.15, 0.2) is 5.82 Å². The number of pyridine rings is 1. The van der Waals surface area contributed by atoms with Gasteiger partial charge in [-0.1, -0.05) is 0 Å². The number of thiophene rings is 1. The second-order valence-electron chi connectivity index (χ2n) is 6.38. The molecule has 3 heterocycles. The first-order chi connectivity index (χ1) is 11.7. The standard InChI is InChI=1S/C18H21N3O2S/c1-12-4-10-24-16(12)13-11-14(13)18(22)20-15-3-2-5-19-17(15)21-6-8-23-9-7-21/h2-5,10,13-14H,6-9,11H2,1H3,(H,20,22). The van der Waals surface area contributed by atoms with Crippen molar-refractivity contribution in [1.82, 2.24) is 4.98 Å². The van der Waals surface area contributed by atoms with Gasteiger partial charge < -0.3 is 15.0 Å². The van der Waals surface area contributed by atoms with Crippen LogP contribution in [0.15, 0.2) is 29.8 Å². The lowest BCUT2D eigenvalue weighted by Crippen LogP contribution is -2.37. The molecule has 1 N–H and O–H groups in total. The molecule has 2 atom stereocenters. The van der Waals surface area contributed by atoms with E-state index in [4.69, 9.17) is 4.74 Å². The summed E-state index contributed by atoms with van der Waals surface area (Å²) in [6.07, 6.45) is 2.72. The lowest BCUT2D eigenvalue weighted by molar-refractivity contribution is -0.117. The molecule has 2 unspecified atom stereocenters. The Hall–Kier alpha value is -1.92. The Morgan fingerprint density at radius 2 is 2.21 bits per heavy atom. The molecule has 4 rings (SSSR count). The summed E-state index contributed by atoms with van der Waals surface area (Å²) >= 11 is 1.76. The fourth-order valence-electron chi connectivity index (χ4n) is 3.29. The number of hydrogen-bond acceptors (Lipinski definition) is 5. The first-order valence-corrected chi connectivity index (χ1v) is 9.24. The number of nitrogens with zero attached hydrogens (tertiary/aromatic N) is 2. The molecule has 2 fully saturated rings. The molecule has 1 saturated carbocycles. The highest BCUT2D eigenvalue weighted by molar-refractivity contribution is 7.10. The van der Waals surface area contributed by atoms with E-state index in [9.17, 15) is 4.79 Å². The highest BCUT2D eigenvalue weighted by Crippen LogP contribution is 2.50. The van der Waals surface area contributed by atoms with Crippen molar-refractivity contribution in [2.45, 2.75) is 19.3 Å². The van der Waals surface area contributed by atoms with E-state index in [1.165, 1.54) is 10.4 Å². The van der Waals surface area contributed by atoms with Crippen LogP contribution in [0.5, 0.6) is 0 Å². The van der Waals surface area contributed by atoms with E-state index in [-0.39, 0.29) is 11.8 Å². The van der Waals surface area contributed by atoms with Crippen molar-refractivity contribution in [3.63, 3.8) is 0 Å². The van der Waals surface area contributed by atoms with Crippen molar-refractivity contribution in [3.8, 4) is 0 Å². The lowest BCUT2D eigenvalue weighted by Gasteiger charge is -2.29. The van der Waals surface area contributed by atoms with Crippen LogP contribution in [0.2, 0.25) is 0 Å². The molecular formula is C18H21N3O2S. The van der Waals surface area contributed by atoms with Gasteiger partial charge in [0.25, 0.3) is 0 Å². The predicted molar refractivity (Wildman–Crippen MR) is 95.8 cm³/mol. The van der Waals surface area contributed by atoms with Gasteiger partial charge in [0, 0.05) is 36.0 Å². The van der Waals surface area contributed by atoms with Crippen LogP contribution in [0.1, 0.15) is 22.8 Å². The summed E-state index contributed by atoms with van der Waals surface area (Å²) in [5.74, 6) is 1.42. The zero-order valence-electron chi connectivity index (χ0n) is 13.7. The van der Waals surface area contributed by atoms with Gasteiger partial charge in [0.2, 0.25) is 5.91 Å². The van der Waals surface area contributed by atoms with E-state index in [1.54, 1.807) is 17.5 Å². The zero-order chi connectivity index (χ0) is 16.5. The van der Waals surface area contributed by atoms with Crippen molar-refractivity contribution < 1.29 is 9.53 Å². The number of morpholine rings is 1. The SMILES string of the molecule is Cc1ccsc1C1CC1C(=O)Nc1cccnc1N1CCOCC1. The number of carbonyl (C=O) groups is 1. The van der Waals surface area contributed by atoms with Crippen LogP contribution in [0.4, 0.5) is 11.5 Å². The molecule has 5 nitrogen and oxygen atoms in total. The normalized spacial score (nSPS) is 23.1. The number of ether oxygens (including phenoxy) is 1. The number of amides is 1. The molecule has 0 bridgehead atoms. The van der Waals surface area contributed by atoms with Crippen LogP contribution in [-0.2, 0) is 9.53 Å². The number of anilines is 2. The van der Waals surface area contributed by atoms with E-state index in [1.807, 2.05) is 12.1 Å². The third-order valence-corrected chi connectivity index (χ3v) is 5.87. The van der Waals surface area contributed by atoms with Gasteiger partial charge in [-0.15, -0.1) is 11.3 Å². The van der Waals surface area contributed by atoms with E-state index in [2.05, 4.69) is 33.6 Å². The van der Waals surface area contributed by atoms with Crippen molar-refractivity contribution in [1.29, 1.82) is 0 Å². The molecule has 1 aliphatic carbocycles. The average Bonchev–Trinajstić information content (AvgIpc) is 3.30. The number of hydrogen-bond donors (Lipinski definition) is 1. The van der Waals surface area contributed by atoms with Crippen LogP contribution >= 0.6 is 11.3 Å². The molecular weight excluding hydrogens is 322 g/mol. The van der Waals surface area contributed by atoms with E-state index >= 15 is 0 Å². The molecule has 0 aromatic carbocycles. The molecule has 1 amide bonds.